The Bertz CT molecular complexity index is 2240. The number of para-hydroxylation sites is 1. The maximum atomic E-state index is 14.8. The molecule has 2 aromatic heterocycles. The minimum absolute atomic E-state index is 0.217. The van der Waals surface area contributed by atoms with Crippen LogP contribution in [0.3, 0.4) is 0 Å². The van der Waals surface area contributed by atoms with Crippen molar-refractivity contribution in [3.05, 3.63) is 124 Å². The number of aromatic nitrogens is 1. The van der Waals surface area contributed by atoms with Gasteiger partial charge in [-0.1, -0.05) is 18.2 Å². The van der Waals surface area contributed by atoms with Crippen LogP contribution in [0.5, 0.6) is 0 Å². The van der Waals surface area contributed by atoms with E-state index in [1.807, 2.05) is 42.5 Å². The number of nitrogens with zero attached hydrogens (tertiary/aromatic N) is 3. The average Bonchev–Trinajstić information content (AvgIpc) is 3.78. The molecule has 0 saturated carbocycles. The van der Waals surface area contributed by atoms with Crippen molar-refractivity contribution in [1.82, 2.24) is 4.98 Å². The first-order valence-electron chi connectivity index (χ1n) is 18.2. The summed E-state index contributed by atoms with van der Waals surface area (Å²) in [4.78, 5) is 51.3. The number of halogens is 1. The number of ether oxygens (including phenoxy) is 1. The number of amides is 3. The van der Waals surface area contributed by atoms with Crippen LogP contribution in [-0.4, -0.2) is 55.6 Å². The van der Waals surface area contributed by atoms with E-state index in [-0.39, 0.29) is 23.1 Å². The molecule has 2 N–H and O–H groups in total. The van der Waals surface area contributed by atoms with E-state index >= 15 is 0 Å². The summed E-state index contributed by atoms with van der Waals surface area (Å²) in [6.07, 6.45) is 5.44. The lowest BCUT2D eigenvalue weighted by molar-refractivity contribution is -0.000521. The van der Waals surface area contributed by atoms with Gasteiger partial charge in [0.25, 0.3) is 17.7 Å². The summed E-state index contributed by atoms with van der Waals surface area (Å²) >= 11 is 1.33. The second-order valence-electron chi connectivity index (χ2n) is 14.5. The van der Waals surface area contributed by atoms with E-state index in [0.717, 1.165) is 85.9 Å². The Morgan fingerprint density at radius 2 is 1.57 bits per heavy atom. The molecule has 0 radical (unpaired) electrons. The van der Waals surface area contributed by atoms with Crippen molar-refractivity contribution in [2.24, 2.45) is 5.41 Å². The van der Waals surface area contributed by atoms with Crippen molar-refractivity contribution in [3.63, 3.8) is 0 Å². The molecule has 0 atom stereocenters. The van der Waals surface area contributed by atoms with Gasteiger partial charge in [-0.3, -0.25) is 14.4 Å². The number of pyridine rings is 1. The molecule has 4 aliphatic rings. The van der Waals surface area contributed by atoms with Crippen LogP contribution in [0.15, 0.2) is 84.9 Å². The van der Waals surface area contributed by atoms with E-state index in [0.29, 0.717) is 51.6 Å². The third kappa shape index (κ3) is 6.38. The summed E-state index contributed by atoms with van der Waals surface area (Å²) in [5.41, 5.74) is 6.79. The largest absolute Gasteiger partial charge is 0.381 e. The monoisotopic (exact) mass is 727 g/mol. The second kappa shape index (κ2) is 13.5. The van der Waals surface area contributed by atoms with E-state index in [2.05, 4.69) is 15.5 Å². The van der Waals surface area contributed by atoms with Crippen LogP contribution in [0.4, 0.5) is 27.3 Å². The Morgan fingerprint density at radius 3 is 2.36 bits per heavy atom. The van der Waals surface area contributed by atoms with Crippen LogP contribution < -0.4 is 20.4 Å². The molecule has 0 bridgehead atoms. The summed E-state index contributed by atoms with van der Waals surface area (Å²) in [7, 11) is 0. The van der Waals surface area contributed by atoms with Crippen molar-refractivity contribution < 1.29 is 23.5 Å². The Labute approximate surface area is 310 Å². The number of hydrogen-bond donors (Lipinski definition) is 2. The molecular formula is C42H38FN5O4S. The summed E-state index contributed by atoms with van der Waals surface area (Å²) in [5, 5.41) is 5.98. The van der Waals surface area contributed by atoms with Crippen LogP contribution in [0.25, 0.3) is 10.4 Å². The standard InChI is InChI=1S/C42H38FN5O4S/c43-29-11-14-32-35(23-29)48(18-15-28-22-36(53-37(28)32)40(50)45-30-6-2-1-3-7-30)41(51)26-9-12-31(13-10-26)44-39(49)33-21-27-5-4-8-34(27)46-38(33)47-24-42(25-47)16-19-52-20-17-42/h1-3,6-7,9-14,21-23H,4-5,8,15-20,24-25H2,(H,44,49)(H,45,50). The van der Waals surface area contributed by atoms with Gasteiger partial charge in [0, 0.05) is 71.3 Å². The average molecular weight is 728 g/mol. The van der Waals surface area contributed by atoms with Gasteiger partial charge in [-0.15, -0.1) is 11.3 Å². The maximum absolute atomic E-state index is 14.8. The van der Waals surface area contributed by atoms with Gasteiger partial charge in [-0.25, -0.2) is 9.37 Å². The first kappa shape index (κ1) is 33.4. The molecular weight excluding hydrogens is 690 g/mol. The van der Waals surface area contributed by atoms with Gasteiger partial charge in [-0.2, -0.15) is 0 Å². The smallest absolute Gasteiger partial charge is 0.265 e. The molecule has 2 saturated heterocycles. The zero-order chi connectivity index (χ0) is 36.1. The molecule has 5 aromatic rings. The SMILES string of the molecule is O=C(Nc1ccccc1)c1cc2c(s1)-c1ccc(F)cc1N(C(=O)c1ccc(NC(=O)c3cc4c(nc3N3CC5(CCOCC5)C3)CCC4)cc1)CC2. The maximum Gasteiger partial charge on any atom is 0.265 e. The Morgan fingerprint density at radius 1 is 0.811 bits per heavy atom. The Kier molecular flexibility index (Phi) is 8.55. The normalized spacial score (nSPS) is 16.9. The summed E-state index contributed by atoms with van der Waals surface area (Å²) in [6, 6.07) is 24.4. The topological polar surface area (TPSA) is 104 Å². The molecule has 11 heteroatoms. The zero-order valence-corrected chi connectivity index (χ0v) is 29.9. The first-order chi connectivity index (χ1) is 25.8. The van der Waals surface area contributed by atoms with E-state index in [9.17, 15) is 18.8 Å². The van der Waals surface area contributed by atoms with E-state index < -0.39 is 5.82 Å². The van der Waals surface area contributed by atoms with Crippen LogP contribution in [0, 0.1) is 11.2 Å². The minimum Gasteiger partial charge on any atom is -0.381 e. The number of aryl methyl sites for hydroxylation is 2. The number of hydrogen-bond acceptors (Lipinski definition) is 7. The van der Waals surface area contributed by atoms with Gasteiger partial charge in [0.2, 0.25) is 0 Å². The number of nitrogens with one attached hydrogen (secondary N) is 2. The molecule has 5 heterocycles. The van der Waals surface area contributed by atoms with Crippen LogP contribution in [0.2, 0.25) is 0 Å². The molecule has 3 amide bonds. The fourth-order valence-corrected chi connectivity index (χ4v) is 9.25. The highest BCUT2D eigenvalue weighted by molar-refractivity contribution is 7.17. The molecule has 3 aromatic carbocycles. The van der Waals surface area contributed by atoms with Gasteiger partial charge in [0.15, 0.2) is 0 Å². The third-order valence-electron chi connectivity index (χ3n) is 11.0. The molecule has 9 nitrogen and oxygen atoms in total. The summed E-state index contributed by atoms with van der Waals surface area (Å²) < 4.78 is 20.4. The number of thiophene rings is 1. The predicted octanol–water partition coefficient (Wildman–Crippen LogP) is 7.76. The van der Waals surface area contributed by atoms with Crippen molar-refractivity contribution in [2.45, 2.75) is 38.5 Å². The van der Waals surface area contributed by atoms with Crippen molar-refractivity contribution in [1.29, 1.82) is 0 Å². The number of carbonyl (C=O) groups excluding carboxylic acids is 3. The quantitative estimate of drug-likeness (QED) is 0.185. The highest BCUT2D eigenvalue weighted by Gasteiger charge is 2.45. The zero-order valence-electron chi connectivity index (χ0n) is 29.1. The summed E-state index contributed by atoms with van der Waals surface area (Å²) in [6.45, 7) is 3.62. The molecule has 3 aliphatic heterocycles. The van der Waals surface area contributed by atoms with Gasteiger partial charge in [0.1, 0.15) is 11.6 Å². The second-order valence-corrected chi connectivity index (χ2v) is 15.5. The number of fused-ring (bicyclic) bond motifs is 4. The fraction of sp³-hybridized carbons (Fsp3) is 0.286. The third-order valence-corrected chi connectivity index (χ3v) is 12.2. The Balaban J connectivity index is 0.929. The molecule has 0 unspecified atom stereocenters. The van der Waals surface area contributed by atoms with Crippen LogP contribution in [0.1, 0.15) is 66.5 Å². The van der Waals surface area contributed by atoms with Crippen LogP contribution in [-0.2, 0) is 24.0 Å². The predicted molar refractivity (Wildman–Crippen MR) is 205 cm³/mol. The van der Waals surface area contributed by atoms with Crippen molar-refractivity contribution >= 4 is 51.9 Å². The lowest BCUT2D eigenvalue weighted by atomic mass is 9.73. The van der Waals surface area contributed by atoms with Crippen molar-refractivity contribution in [2.75, 3.05) is 53.3 Å². The molecule has 268 valence electrons. The minimum atomic E-state index is -0.455. The van der Waals surface area contributed by atoms with Gasteiger partial charge in [-0.05, 0) is 116 Å². The van der Waals surface area contributed by atoms with Crippen molar-refractivity contribution in [3.8, 4) is 10.4 Å². The van der Waals surface area contributed by atoms with Gasteiger partial charge >= 0.3 is 0 Å². The molecule has 53 heavy (non-hydrogen) atoms. The molecule has 2 fully saturated rings. The van der Waals surface area contributed by atoms with Gasteiger partial charge in [0.05, 0.1) is 16.1 Å². The van der Waals surface area contributed by atoms with Crippen LogP contribution >= 0.6 is 11.3 Å². The number of carbonyl (C=O) groups is 3. The molecule has 1 spiro atoms. The lowest BCUT2D eigenvalue weighted by Gasteiger charge is -2.53. The van der Waals surface area contributed by atoms with E-state index in [1.54, 1.807) is 35.2 Å². The van der Waals surface area contributed by atoms with E-state index in [4.69, 9.17) is 9.72 Å². The number of anilines is 4. The highest BCUT2D eigenvalue weighted by Crippen LogP contribution is 2.44. The first-order valence-corrected chi connectivity index (χ1v) is 19.0. The number of rotatable bonds is 6. The molecule has 9 rings (SSSR count). The van der Waals surface area contributed by atoms with E-state index in [1.165, 1.54) is 23.5 Å². The Hall–Kier alpha value is -5.39. The summed E-state index contributed by atoms with van der Waals surface area (Å²) in [5.74, 6) is -0.434. The number of benzene rings is 3. The molecule has 1 aliphatic carbocycles. The highest BCUT2D eigenvalue weighted by atomic mass is 32.1. The lowest BCUT2D eigenvalue weighted by Crippen LogP contribution is -2.59. The van der Waals surface area contributed by atoms with Gasteiger partial charge < -0.3 is 25.2 Å². The fourth-order valence-electron chi connectivity index (χ4n) is 8.11.